The van der Waals surface area contributed by atoms with E-state index in [-0.39, 0.29) is 5.69 Å². The van der Waals surface area contributed by atoms with E-state index in [4.69, 9.17) is 5.11 Å². The highest BCUT2D eigenvalue weighted by Crippen LogP contribution is 2.12. The van der Waals surface area contributed by atoms with Crippen LogP contribution < -0.4 is 0 Å². The molecule has 0 fully saturated rings. The number of nitrogens with zero attached hydrogens (tertiary/aromatic N) is 3. The van der Waals surface area contributed by atoms with Crippen molar-refractivity contribution in [2.45, 2.75) is 13.5 Å². The highest BCUT2D eigenvalue weighted by Gasteiger charge is 2.12. The van der Waals surface area contributed by atoms with E-state index in [2.05, 4.69) is 32.6 Å². The zero-order valence-electron chi connectivity index (χ0n) is 9.09. The van der Waals surface area contributed by atoms with E-state index in [1.165, 1.54) is 0 Å². The van der Waals surface area contributed by atoms with Crippen LogP contribution in [0.5, 0.6) is 0 Å². The van der Waals surface area contributed by atoms with Crippen molar-refractivity contribution >= 4 is 28.6 Å². The molecule has 5 nitrogen and oxygen atoms in total. The normalized spacial score (nSPS) is 10.5. The minimum Gasteiger partial charge on any atom is -0.477 e. The number of hydrogen-bond donors (Lipinski definition) is 1. The van der Waals surface area contributed by atoms with Crippen LogP contribution in [-0.4, -0.2) is 25.6 Å². The summed E-state index contributed by atoms with van der Waals surface area (Å²) in [7, 11) is 0. The van der Waals surface area contributed by atoms with Gasteiger partial charge in [0.05, 0.1) is 24.1 Å². The van der Waals surface area contributed by atoms with Crippen molar-refractivity contribution in [3.05, 3.63) is 45.3 Å². The van der Waals surface area contributed by atoms with Gasteiger partial charge >= 0.3 is 5.97 Å². The zero-order chi connectivity index (χ0) is 12.4. The Hall–Kier alpha value is -1.44. The summed E-state index contributed by atoms with van der Waals surface area (Å²) < 4.78 is 2.55. The number of carboxylic acid groups (broad SMARTS) is 1. The van der Waals surface area contributed by atoms with E-state index in [1.807, 2.05) is 6.92 Å². The molecule has 0 radical (unpaired) electrons. The lowest BCUT2D eigenvalue weighted by Gasteiger charge is -2.05. The minimum absolute atomic E-state index is 0.261. The first-order chi connectivity index (χ1) is 8.06. The minimum atomic E-state index is -0.937. The Morgan fingerprint density at radius 2 is 2.24 bits per heavy atom. The summed E-state index contributed by atoms with van der Waals surface area (Å²) >= 11 is 2.09. The molecule has 0 saturated carbocycles. The quantitative estimate of drug-likeness (QED) is 0.865. The van der Waals surface area contributed by atoms with Crippen LogP contribution in [0, 0.1) is 10.5 Å². The molecular weight excluding hydrogens is 333 g/mol. The number of rotatable bonds is 3. The summed E-state index contributed by atoms with van der Waals surface area (Å²) in [6.45, 7) is 2.27. The molecular formula is C11H10IN3O2. The Kier molecular flexibility index (Phi) is 3.41. The number of aromatic carboxylic acids is 1. The van der Waals surface area contributed by atoms with Gasteiger partial charge in [0.15, 0.2) is 0 Å². The maximum absolute atomic E-state index is 11.0. The highest BCUT2D eigenvalue weighted by atomic mass is 127. The highest BCUT2D eigenvalue weighted by molar-refractivity contribution is 14.1. The number of hydrogen-bond acceptors (Lipinski definition) is 3. The number of aryl methyl sites for hydroxylation is 1. The van der Waals surface area contributed by atoms with Crippen LogP contribution in [0.15, 0.2) is 24.7 Å². The lowest BCUT2D eigenvalue weighted by Crippen LogP contribution is -2.09. The van der Waals surface area contributed by atoms with Gasteiger partial charge in [-0.05, 0) is 35.6 Å². The fourth-order valence-electron chi connectivity index (χ4n) is 1.46. The largest absolute Gasteiger partial charge is 0.477 e. The lowest BCUT2D eigenvalue weighted by molar-refractivity contribution is 0.0685. The van der Waals surface area contributed by atoms with Gasteiger partial charge in [0.2, 0.25) is 0 Å². The van der Waals surface area contributed by atoms with Crippen molar-refractivity contribution in [3.8, 4) is 0 Å². The molecule has 0 amide bonds. The van der Waals surface area contributed by atoms with Gasteiger partial charge in [0, 0.05) is 16.0 Å². The first kappa shape index (κ1) is 12.0. The fourth-order valence-corrected chi connectivity index (χ4v) is 2.09. The predicted molar refractivity (Wildman–Crippen MR) is 70.0 cm³/mol. The molecule has 17 heavy (non-hydrogen) atoms. The Bertz CT molecular complexity index is 548. The van der Waals surface area contributed by atoms with Gasteiger partial charge in [0.25, 0.3) is 0 Å². The topological polar surface area (TPSA) is 68.0 Å². The second kappa shape index (κ2) is 4.82. The molecule has 2 heterocycles. The zero-order valence-corrected chi connectivity index (χ0v) is 11.2. The molecule has 0 unspecified atom stereocenters. The average Bonchev–Trinajstić information content (AvgIpc) is 2.63. The first-order valence-corrected chi connectivity index (χ1v) is 6.00. The molecule has 0 aromatic carbocycles. The second-order valence-corrected chi connectivity index (χ2v) is 4.87. The van der Waals surface area contributed by atoms with Crippen molar-refractivity contribution in [2.24, 2.45) is 0 Å². The summed E-state index contributed by atoms with van der Waals surface area (Å²) in [5, 5.41) is 9.04. The van der Waals surface area contributed by atoms with E-state index in [9.17, 15) is 4.79 Å². The van der Waals surface area contributed by atoms with Crippen molar-refractivity contribution in [2.75, 3.05) is 0 Å². The second-order valence-electron chi connectivity index (χ2n) is 3.63. The van der Waals surface area contributed by atoms with Gasteiger partial charge in [-0.1, -0.05) is 0 Å². The molecule has 0 bridgehead atoms. The molecule has 0 saturated heterocycles. The van der Waals surface area contributed by atoms with E-state index in [0.717, 1.165) is 15.0 Å². The van der Waals surface area contributed by atoms with Gasteiger partial charge < -0.3 is 9.67 Å². The maximum atomic E-state index is 11.0. The van der Waals surface area contributed by atoms with Gasteiger partial charge in [-0.25, -0.2) is 4.79 Å². The Morgan fingerprint density at radius 3 is 2.82 bits per heavy atom. The molecule has 6 heteroatoms. The third-order valence-corrected chi connectivity index (χ3v) is 2.84. The average molecular weight is 343 g/mol. The molecule has 2 rings (SSSR count). The molecule has 88 valence electrons. The van der Waals surface area contributed by atoms with Gasteiger partial charge in [0.1, 0.15) is 5.69 Å². The van der Waals surface area contributed by atoms with E-state index in [1.54, 1.807) is 29.2 Å². The van der Waals surface area contributed by atoms with E-state index >= 15 is 0 Å². The summed E-state index contributed by atoms with van der Waals surface area (Å²) in [5.74, 6) is -0.937. The van der Waals surface area contributed by atoms with Crippen LogP contribution in [0.25, 0.3) is 0 Å². The third kappa shape index (κ3) is 2.82. The SMILES string of the molecule is Cc1cnc(Cn2cc(I)cc2C(=O)O)cn1. The van der Waals surface area contributed by atoms with Crippen molar-refractivity contribution in [3.63, 3.8) is 0 Å². The van der Waals surface area contributed by atoms with Crippen LogP contribution in [0.1, 0.15) is 21.9 Å². The molecule has 0 aliphatic heterocycles. The Labute approximate surface area is 112 Å². The Morgan fingerprint density at radius 1 is 1.47 bits per heavy atom. The maximum Gasteiger partial charge on any atom is 0.352 e. The van der Waals surface area contributed by atoms with Crippen molar-refractivity contribution < 1.29 is 9.90 Å². The van der Waals surface area contributed by atoms with Crippen LogP contribution in [0.4, 0.5) is 0 Å². The number of aromatic nitrogens is 3. The molecule has 0 aliphatic rings. The smallest absolute Gasteiger partial charge is 0.352 e. The summed E-state index contributed by atoms with van der Waals surface area (Å²) in [6, 6.07) is 1.63. The molecule has 0 atom stereocenters. The molecule has 0 aliphatic carbocycles. The van der Waals surface area contributed by atoms with Crippen LogP contribution in [-0.2, 0) is 6.54 Å². The van der Waals surface area contributed by atoms with Gasteiger partial charge in [-0.15, -0.1) is 0 Å². The van der Waals surface area contributed by atoms with Crippen LogP contribution in [0.2, 0.25) is 0 Å². The molecule has 2 aromatic rings. The van der Waals surface area contributed by atoms with Crippen molar-refractivity contribution in [1.82, 2.24) is 14.5 Å². The van der Waals surface area contributed by atoms with E-state index < -0.39 is 5.97 Å². The molecule has 1 N–H and O–H groups in total. The standard InChI is InChI=1S/C11H10IN3O2/c1-7-3-14-9(4-13-7)6-15-5-8(12)2-10(15)11(16)17/h2-5H,6H2,1H3,(H,16,17). The van der Waals surface area contributed by atoms with Gasteiger partial charge in [-0.3, -0.25) is 9.97 Å². The summed E-state index contributed by atoms with van der Waals surface area (Å²) in [4.78, 5) is 19.4. The Balaban J connectivity index is 2.29. The summed E-state index contributed by atoms with van der Waals surface area (Å²) in [5.41, 5.74) is 1.84. The predicted octanol–water partition coefficient (Wildman–Crippen LogP) is 1.94. The number of halogens is 1. The molecule has 0 spiro atoms. The molecule has 2 aromatic heterocycles. The number of carboxylic acids is 1. The third-order valence-electron chi connectivity index (χ3n) is 2.25. The lowest BCUT2D eigenvalue weighted by atomic mass is 10.4. The monoisotopic (exact) mass is 343 g/mol. The first-order valence-electron chi connectivity index (χ1n) is 4.93. The fraction of sp³-hybridized carbons (Fsp3) is 0.182. The van der Waals surface area contributed by atoms with Crippen LogP contribution >= 0.6 is 22.6 Å². The number of carbonyl (C=O) groups is 1. The van der Waals surface area contributed by atoms with Crippen molar-refractivity contribution in [1.29, 1.82) is 0 Å². The van der Waals surface area contributed by atoms with Crippen LogP contribution in [0.3, 0.4) is 0 Å². The van der Waals surface area contributed by atoms with E-state index in [0.29, 0.717) is 6.54 Å². The van der Waals surface area contributed by atoms with Gasteiger partial charge in [-0.2, -0.15) is 0 Å². The summed E-state index contributed by atoms with van der Waals surface area (Å²) in [6.07, 6.45) is 5.11.